The maximum absolute atomic E-state index is 3.53. The zero-order valence-electron chi connectivity index (χ0n) is 12.0. The smallest absolute Gasteiger partial charge is 0.0102 e. The molecule has 0 spiro atoms. The Morgan fingerprint density at radius 1 is 1.25 bits per heavy atom. The lowest BCUT2D eigenvalue weighted by molar-refractivity contribution is 0.185. The van der Waals surface area contributed by atoms with Crippen LogP contribution in [0.1, 0.15) is 41.0 Å². The normalized spacial score (nSPS) is 28.5. The van der Waals surface area contributed by atoms with Gasteiger partial charge in [-0.1, -0.05) is 27.7 Å². The Balaban J connectivity index is 2.22. The maximum atomic E-state index is 3.53. The molecule has 0 radical (unpaired) electrons. The van der Waals surface area contributed by atoms with Crippen LogP contribution in [0.25, 0.3) is 0 Å². The van der Waals surface area contributed by atoms with Gasteiger partial charge in [0.05, 0.1) is 0 Å². The summed E-state index contributed by atoms with van der Waals surface area (Å²) >= 11 is 0. The standard InChI is InChI=1S/C14H30N2/c1-10(2)15-8-12(4)13(5)16(6)9-14-7-11(14)3/h10-15H,7-9H2,1-6H3. The molecule has 0 aromatic rings. The van der Waals surface area contributed by atoms with Crippen molar-refractivity contribution in [1.29, 1.82) is 0 Å². The molecule has 16 heavy (non-hydrogen) atoms. The molecule has 2 heteroatoms. The van der Waals surface area contributed by atoms with E-state index in [1.54, 1.807) is 0 Å². The predicted molar refractivity (Wildman–Crippen MR) is 71.7 cm³/mol. The number of nitrogens with zero attached hydrogens (tertiary/aromatic N) is 1. The van der Waals surface area contributed by atoms with Crippen molar-refractivity contribution in [1.82, 2.24) is 10.2 Å². The van der Waals surface area contributed by atoms with Crippen molar-refractivity contribution in [3.05, 3.63) is 0 Å². The first-order valence-corrected chi connectivity index (χ1v) is 6.85. The molecule has 1 N–H and O–H groups in total. The summed E-state index contributed by atoms with van der Waals surface area (Å²) in [6.07, 6.45) is 1.44. The van der Waals surface area contributed by atoms with Crippen LogP contribution in [0.2, 0.25) is 0 Å². The van der Waals surface area contributed by atoms with Gasteiger partial charge in [0, 0.05) is 18.6 Å². The van der Waals surface area contributed by atoms with E-state index in [0.717, 1.165) is 24.3 Å². The first-order chi connectivity index (χ1) is 7.41. The molecule has 96 valence electrons. The molecular formula is C14H30N2. The summed E-state index contributed by atoms with van der Waals surface area (Å²) in [5, 5.41) is 3.53. The molecule has 4 unspecified atom stereocenters. The van der Waals surface area contributed by atoms with Crippen LogP contribution in [0.15, 0.2) is 0 Å². The summed E-state index contributed by atoms with van der Waals surface area (Å²) in [4.78, 5) is 2.54. The fraction of sp³-hybridized carbons (Fsp3) is 1.00. The van der Waals surface area contributed by atoms with Gasteiger partial charge >= 0.3 is 0 Å². The Morgan fingerprint density at radius 2 is 1.81 bits per heavy atom. The average molecular weight is 226 g/mol. The number of hydrogen-bond acceptors (Lipinski definition) is 2. The summed E-state index contributed by atoms with van der Waals surface area (Å²) in [6.45, 7) is 13.9. The van der Waals surface area contributed by atoms with Crippen molar-refractivity contribution in [3.8, 4) is 0 Å². The molecule has 1 aliphatic rings. The van der Waals surface area contributed by atoms with E-state index in [1.165, 1.54) is 13.0 Å². The largest absolute Gasteiger partial charge is 0.314 e. The van der Waals surface area contributed by atoms with Gasteiger partial charge in [-0.05, 0) is 44.7 Å². The SMILES string of the molecule is CC(C)NCC(C)C(C)N(C)CC1CC1C. The minimum absolute atomic E-state index is 0.600. The lowest BCUT2D eigenvalue weighted by Gasteiger charge is -2.30. The lowest BCUT2D eigenvalue weighted by atomic mass is 10.0. The van der Waals surface area contributed by atoms with Crippen LogP contribution in [-0.2, 0) is 0 Å². The fourth-order valence-electron chi connectivity index (χ4n) is 2.22. The molecule has 0 amide bonds. The van der Waals surface area contributed by atoms with Crippen LogP contribution < -0.4 is 5.32 Å². The maximum Gasteiger partial charge on any atom is 0.0102 e. The number of rotatable bonds is 7. The fourth-order valence-corrected chi connectivity index (χ4v) is 2.22. The van der Waals surface area contributed by atoms with Crippen molar-refractivity contribution in [3.63, 3.8) is 0 Å². The molecular weight excluding hydrogens is 196 g/mol. The van der Waals surface area contributed by atoms with Crippen molar-refractivity contribution >= 4 is 0 Å². The highest BCUT2D eigenvalue weighted by molar-refractivity contribution is 4.86. The molecule has 1 fully saturated rings. The minimum Gasteiger partial charge on any atom is -0.314 e. The van der Waals surface area contributed by atoms with Gasteiger partial charge in [0.2, 0.25) is 0 Å². The predicted octanol–water partition coefficient (Wildman–Crippen LogP) is 2.60. The van der Waals surface area contributed by atoms with Gasteiger partial charge in [-0.25, -0.2) is 0 Å². The van der Waals surface area contributed by atoms with Crippen molar-refractivity contribution < 1.29 is 0 Å². The van der Waals surface area contributed by atoms with E-state index in [1.807, 2.05) is 0 Å². The second kappa shape index (κ2) is 6.02. The van der Waals surface area contributed by atoms with E-state index in [-0.39, 0.29) is 0 Å². The Morgan fingerprint density at radius 3 is 2.25 bits per heavy atom. The monoisotopic (exact) mass is 226 g/mol. The summed E-state index contributed by atoms with van der Waals surface area (Å²) in [6, 6.07) is 1.28. The van der Waals surface area contributed by atoms with Gasteiger partial charge in [-0.3, -0.25) is 0 Å². The molecule has 0 heterocycles. The van der Waals surface area contributed by atoms with Gasteiger partial charge in [0.25, 0.3) is 0 Å². The second-order valence-corrected chi connectivity index (χ2v) is 6.19. The minimum atomic E-state index is 0.600. The van der Waals surface area contributed by atoms with Crippen LogP contribution in [0.5, 0.6) is 0 Å². The summed E-state index contributed by atoms with van der Waals surface area (Å²) < 4.78 is 0. The van der Waals surface area contributed by atoms with Crippen LogP contribution in [0, 0.1) is 17.8 Å². The van der Waals surface area contributed by atoms with E-state index in [9.17, 15) is 0 Å². The highest BCUT2D eigenvalue weighted by atomic mass is 15.1. The molecule has 1 rings (SSSR count). The quantitative estimate of drug-likeness (QED) is 0.718. The molecule has 0 aromatic heterocycles. The molecule has 1 aliphatic carbocycles. The van der Waals surface area contributed by atoms with E-state index in [4.69, 9.17) is 0 Å². The van der Waals surface area contributed by atoms with Crippen molar-refractivity contribution in [2.75, 3.05) is 20.1 Å². The van der Waals surface area contributed by atoms with Crippen molar-refractivity contribution in [2.24, 2.45) is 17.8 Å². The third-order valence-corrected chi connectivity index (χ3v) is 4.17. The zero-order chi connectivity index (χ0) is 12.3. The first kappa shape index (κ1) is 14.0. The van der Waals surface area contributed by atoms with E-state index < -0.39 is 0 Å². The van der Waals surface area contributed by atoms with Gasteiger partial charge in [0.15, 0.2) is 0 Å². The van der Waals surface area contributed by atoms with Gasteiger partial charge in [-0.15, -0.1) is 0 Å². The molecule has 2 nitrogen and oxygen atoms in total. The average Bonchev–Trinajstić information content (AvgIpc) is 2.89. The van der Waals surface area contributed by atoms with Gasteiger partial charge in [-0.2, -0.15) is 0 Å². The molecule has 0 aromatic carbocycles. The zero-order valence-corrected chi connectivity index (χ0v) is 12.0. The molecule has 0 saturated heterocycles. The third-order valence-electron chi connectivity index (χ3n) is 4.17. The number of hydrogen-bond donors (Lipinski definition) is 1. The summed E-state index contributed by atoms with van der Waals surface area (Å²) in [5.74, 6) is 2.66. The van der Waals surface area contributed by atoms with Gasteiger partial charge < -0.3 is 10.2 Å². The van der Waals surface area contributed by atoms with Crippen molar-refractivity contribution in [2.45, 2.75) is 53.1 Å². The molecule has 0 aliphatic heterocycles. The van der Waals surface area contributed by atoms with Crippen LogP contribution >= 0.6 is 0 Å². The molecule has 1 saturated carbocycles. The van der Waals surface area contributed by atoms with Crippen LogP contribution in [-0.4, -0.2) is 37.1 Å². The Hall–Kier alpha value is -0.0800. The Kier molecular flexibility index (Phi) is 5.26. The topological polar surface area (TPSA) is 15.3 Å². The third kappa shape index (κ3) is 4.42. The highest BCUT2D eigenvalue weighted by Gasteiger charge is 2.34. The van der Waals surface area contributed by atoms with Crippen LogP contribution in [0.4, 0.5) is 0 Å². The van der Waals surface area contributed by atoms with E-state index in [2.05, 4.69) is 51.9 Å². The molecule has 0 bridgehead atoms. The molecule has 4 atom stereocenters. The first-order valence-electron chi connectivity index (χ1n) is 6.85. The highest BCUT2D eigenvalue weighted by Crippen LogP contribution is 2.38. The Labute approximate surface area is 102 Å². The summed E-state index contributed by atoms with van der Waals surface area (Å²) in [7, 11) is 2.28. The second-order valence-electron chi connectivity index (χ2n) is 6.19. The lowest BCUT2D eigenvalue weighted by Crippen LogP contribution is -2.41. The van der Waals surface area contributed by atoms with E-state index >= 15 is 0 Å². The van der Waals surface area contributed by atoms with E-state index in [0.29, 0.717) is 12.1 Å². The van der Waals surface area contributed by atoms with Gasteiger partial charge in [0.1, 0.15) is 0 Å². The number of nitrogens with one attached hydrogen (secondary N) is 1. The summed E-state index contributed by atoms with van der Waals surface area (Å²) in [5.41, 5.74) is 0. The van der Waals surface area contributed by atoms with Crippen LogP contribution in [0.3, 0.4) is 0 Å². The Bertz CT molecular complexity index is 203.